The van der Waals surface area contributed by atoms with Gasteiger partial charge >= 0.3 is 143 Å². The van der Waals surface area contributed by atoms with Gasteiger partial charge in [0, 0.05) is 0 Å². The van der Waals surface area contributed by atoms with Gasteiger partial charge in [0.1, 0.15) is 0 Å². The van der Waals surface area contributed by atoms with E-state index in [2.05, 4.69) is 0 Å². The van der Waals surface area contributed by atoms with E-state index in [1.807, 2.05) is 58.9 Å². The Morgan fingerprint density at radius 3 is 1.17 bits per heavy atom. The summed E-state index contributed by atoms with van der Waals surface area (Å²) in [5, 5.41) is 0. The lowest BCUT2D eigenvalue weighted by Gasteiger charge is -2.36. The minimum atomic E-state index is -2.51. The van der Waals surface area contributed by atoms with Crippen LogP contribution in [0.25, 0.3) is 0 Å². The Hall–Kier alpha value is 3.14. The molecule has 0 aliphatic carbocycles. The largest absolute Gasteiger partial charge is 0.548 e. The molecule has 6 atom stereocenters. The molecule has 0 aromatic heterocycles. The third-order valence-corrected chi connectivity index (χ3v) is 44.9. The Morgan fingerprint density at radius 1 is 0.458 bits per heavy atom. The van der Waals surface area contributed by atoms with Crippen LogP contribution in [-0.2, 0) is 78.2 Å². The SMILES string of the molecule is C[SiH]1O[Si](O[Si]O[Si]O[Si]CC[Si]2(C)O[SiH](C)O[Si](O[Si]O[Si]O[Si]O[Si]3O[SiH](C)O[SiH](C)O[SiH](C)O3)O[SiH](C)O2)O[SiH](C)O[SiH](C)O1. The number of hydrogen-bond acceptors (Lipinski definition) is 19. The van der Waals surface area contributed by atoms with E-state index >= 15 is 0 Å². The van der Waals surface area contributed by atoms with Gasteiger partial charge in [-0.15, -0.1) is 0 Å². The average Bonchev–Trinajstić information content (AvgIpc) is 2.94. The van der Waals surface area contributed by atoms with Crippen LogP contribution < -0.4 is 0 Å². The van der Waals surface area contributed by atoms with Crippen molar-refractivity contribution in [1.82, 2.24) is 0 Å². The minimum absolute atomic E-state index is 0.156. The van der Waals surface area contributed by atoms with Gasteiger partial charge in [0.25, 0.3) is 18.6 Å². The summed E-state index contributed by atoms with van der Waals surface area (Å²) >= 11 is 0. The van der Waals surface area contributed by atoms with Crippen molar-refractivity contribution in [3.63, 3.8) is 0 Å². The first-order valence-corrected chi connectivity index (χ1v) is 42.8. The standard InChI is InChI=1S/C11H39O19Si18/c1-37-19-39(3)23-45(24-40(4)20-37)16-34-13-32-12-31-10-11-48(9)29-43(7)27-47(28-44(8)30-48)18-36-15-33-14-35-17-46-25-41(5)21-38(2)22-42(6)26-46/h37-44H,10-11H2,1-9H3. The lowest BCUT2D eigenvalue weighted by Crippen LogP contribution is -2.54. The fourth-order valence-corrected chi connectivity index (χ4v) is 44.8. The second-order valence-corrected chi connectivity index (χ2v) is 42.3. The van der Waals surface area contributed by atoms with Crippen molar-refractivity contribution in [2.75, 3.05) is 0 Å². The van der Waals surface area contributed by atoms with Gasteiger partial charge < -0.3 is 78.2 Å². The molecule has 37 heteroatoms. The summed E-state index contributed by atoms with van der Waals surface area (Å²) in [6.07, 6.45) is 0. The van der Waals surface area contributed by atoms with Crippen molar-refractivity contribution in [3.8, 4) is 0 Å². The second-order valence-electron chi connectivity index (χ2n) is 9.69. The lowest BCUT2D eigenvalue weighted by atomic mass is 10.9. The molecule has 15 radical (unpaired) electrons. The first-order chi connectivity index (χ1) is 22.9. The highest BCUT2D eigenvalue weighted by atomic mass is 28.5. The van der Waals surface area contributed by atoms with Crippen LogP contribution in [-0.4, -0.2) is 171 Å². The molecule has 0 amide bonds. The molecule has 3 rings (SSSR count). The molecule has 3 saturated heterocycles. The highest BCUT2D eigenvalue weighted by molar-refractivity contribution is 6.81. The maximum atomic E-state index is 6.38. The summed E-state index contributed by atoms with van der Waals surface area (Å²) in [5.74, 6) is 0. The lowest BCUT2D eigenvalue weighted by molar-refractivity contribution is 0.221. The van der Waals surface area contributed by atoms with Gasteiger partial charge in [-0.2, -0.15) is 0 Å². The highest BCUT2D eigenvalue weighted by Crippen LogP contribution is 2.22. The van der Waals surface area contributed by atoms with E-state index in [4.69, 9.17) is 78.2 Å². The Kier molecular flexibility index (Phi) is 24.0. The molecule has 0 aromatic carbocycles. The summed E-state index contributed by atoms with van der Waals surface area (Å²) in [6.45, 7) is 17.6. The monoisotopic (exact) mass is 979 g/mol. The van der Waals surface area contributed by atoms with Crippen molar-refractivity contribution in [1.29, 1.82) is 0 Å². The zero-order valence-corrected chi connectivity index (χ0v) is 47.0. The first kappa shape index (κ1) is 45.5. The third kappa shape index (κ3) is 20.2. The molecule has 0 saturated carbocycles. The zero-order chi connectivity index (χ0) is 34.9. The maximum Gasteiger partial charge on any atom is 0.548 e. The molecule has 3 aliphatic heterocycles. The van der Waals surface area contributed by atoms with Crippen LogP contribution in [0.15, 0.2) is 0 Å². The molecular weight excluding hydrogens is 942 g/mol. The molecule has 48 heavy (non-hydrogen) atoms. The van der Waals surface area contributed by atoms with Crippen molar-refractivity contribution in [2.45, 2.75) is 71.0 Å². The normalized spacial score (nSPS) is 35.7. The Labute approximate surface area is 318 Å². The van der Waals surface area contributed by atoms with E-state index in [0.29, 0.717) is 0 Å². The van der Waals surface area contributed by atoms with E-state index in [0.717, 1.165) is 12.1 Å². The first-order valence-electron chi connectivity index (χ1n) is 14.6. The van der Waals surface area contributed by atoms with Gasteiger partial charge in [0.05, 0.1) is 0 Å². The second kappa shape index (κ2) is 25.3. The van der Waals surface area contributed by atoms with E-state index in [1.165, 1.54) is 0 Å². The molecule has 0 N–H and O–H groups in total. The van der Waals surface area contributed by atoms with Crippen molar-refractivity contribution in [3.05, 3.63) is 0 Å². The highest BCUT2D eigenvalue weighted by Gasteiger charge is 2.42. The van der Waals surface area contributed by atoms with Gasteiger partial charge in [-0.05, 0) is 71.0 Å². The molecule has 3 aliphatic rings. The van der Waals surface area contributed by atoms with Crippen molar-refractivity contribution < 1.29 is 78.2 Å². The predicted molar refractivity (Wildman–Crippen MR) is 198 cm³/mol. The number of rotatable bonds is 17. The Bertz CT molecular complexity index is 828. The summed E-state index contributed by atoms with van der Waals surface area (Å²) in [5.41, 5.74) is 0. The Balaban J connectivity index is 1.22. The van der Waals surface area contributed by atoms with Gasteiger partial charge in [0.15, 0.2) is 0 Å². The van der Waals surface area contributed by atoms with Crippen LogP contribution >= 0.6 is 0 Å². The molecule has 269 valence electrons. The van der Waals surface area contributed by atoms with Gasteiger partial charge in [-0.3, -0.25) is 0 Å². The molecular formula is C11H39O19Si18. The van der Waals surface area contributed by atoms with Crippen LogP contribution in [0.5, 0.6) is 0 Å². The Morgan fingerprint density at radius 2 is 0.792 bits per heavy atom. The van der Waals surface area contributed by atoms with Crippen molar-refractivity contribution >= 4 is 171 Å². The van der Waals surface area contributed by atoms with Crippen LogP contribution in [0.1, 0.15) is 0 Å². The average molecular weight is 981 g/mol. The molecule has 19 nitrogen and oxygen atoms in total. The quantitative estimate of drug-likeness (QED) is 0.102. The predicted octanol–water partition coefficient (Wildman–Crippen LogP) is -4.12. The fraction of sp³-hybridized carbons (Fsp3) is 1.00. The third-order valence-electron chi connectivity index (χ3n) is 5.36. The van der Waals surface area contributed by atoms with E-state index in [-0.39, 0.29) is 59.8 Å². The topological polar surface area (TPSA) is 175 Å². The molecule has 0 aromatic rings. The van der Waals surface area contributed by atoms with E-state index in [1.54, 1.807) is 0 Å². The molecule has 3 fully saturated rings. The van der Waals surface area contributed by atoms with Gasteiger partial charge in [-0.1, -0.05) is 0 Å². The number of hydrogen-bond donors (Lipinski definition) is 0. The molecule has 0 bridgehead atoms. The molecule has 3 heterocycles. The summed E-state index contributed by atoms with van der Waals surface area (Å²) < 4.78 is 111. The van der Waals surface area contributed by atoms with Crippen molar-refractivity contribution in [2.24, 2.45) is 0 Å². The molecule has 6 unspecified atom stereocenters. The van der Waals surface area contributed by atoms with Crippen LogP contribution in [0.2, 0.25) is 71.0 Å². The van der Waals surface area contributed by atoms with Crippen LogP contribution in [0, 0.1) is 0 Å². The fourth-order valence-electron chi connectivity index (χ4n) is 3.81. The minimum Gasteiger partial charge on any atom is -0.435 e. The molecule has 0 spiro atoms. The summed E-state index contributed by atoms with van der Waals surface area (Å²) in [4.78, 5) is 0. The van der Waals surface area contributed by atoms with Gasteiger partial charge in [0.2, 0.25) is 9.76 Å². The zero-order valence-electron chi connectivity index (χ0n) is 27.8. The maximum absolute atomic E-state index is 6.38. The van der Waals surface area contributed by atoms with Crippen LogP contribution in [0.4, 0.5) is 0 Å². The summed E-state index contributed by atoms with van der Waals surface area (Å²) in [6, 6.07) is 1.52. The van der Waals surface area contributed by atoms with Gasteiger partial charge in [-0.25, -0.2) is 0 Å². The summed E-state index contributed by atoms with van der Waals surface area (Å²) in [7, 11) is -24.4. The van der Waals surface area contributed by atoms with E-state index < -0.39 is 111 Å². The van der Waals surface area contributed by atoms with E-state index in [9.17, 15) is 0 Å². The van der Waals surface area contributed by atoms with Crippen LogP contribution in [0.3, 0.4) is 0 Å². The smallest absolute Gasteiger partial charge is 0.435 e.